The minimum Gasteiger partial charge on any atom is -0.326 e. The number of halogens is 2. The van der Waals surface area contributed by atoms with Gasteiger partial charge in [-0.2, -0.15) is 5.10 Å². The van der Waals surface area contributed by atoms with E-state index in [1.165, 1.54) is 24.3 Å². The molecule has 0 aliphatic rings. The molecular formula is C24H27F2N5O. The lowest BCUT2D eigenvalue weighted by Gasteiger charge is -2.12. The van der Waals surface area contributed by atoms with Crippen LogP contribution in [0.3, 0.4) is 0 Å². The second-order valence-corrected chi connectivity index (χ2v) is 7.50. The average molecular weight is 440 g/mol. The first-order valence-corrected chi connectivity index (χ1v) is 10.5. The van der Waals surface area contributed by atoms with Crippen LogP contribution >= 0.6 is 0 Å². The van der Waals surface area contributed by atoms with Gasteiger partial charge in [0.25, 0.3) is 5.91 Å². The Morgan fingerprint density at radius 1 is 1.12 bits per heavy atom. The molecule has 1 heterocycles. The first kappa shape index (κ1) is 23.1. The monoisotopic (exact) mass is 439 g/mol. The molecule has 0 saturated heterocycles. The van der Waals surface area contributed by atoms with Crippen LogP contribution in [0.1, 0.15) is 39.8 Å². The smallest absolute Gasteiger partial charge is 0.258 e. The van der Waals surface area contributed by atoms with E-state index >= 15 is 0 Å². The minimum absolute atomic E-state index is 0.153. The number of aliphatic imine (C=N–C) groups is 1. The van der Waals surface area contributed by atoms with Crippen LogP contribution in [0.15, 0.2) is 47.5 Å². The van der Waals surface area contributed by atoms with Gasteiger partial charge < -0.3 is 5.32 Å². The van der Waals surface area contributed by atoms with Crippen LogP contribution < -0.4 is 10.6 Å². The van der Waals surface area contributed by atoms with E-state index in [9.17, 15) is 13.6 Å². The van der Waals surface area contributed by atoms with Crippen LogP contribution in [0.4, 0.5) is 14.5 Å². The number of carbonyl (C=O) groups is 1. The largest absolute Gasteiger partial charge is 0.326 e. The van der Waals surface area contributed by atoms with Crippen LogP contribution in [0.5, 0.6) is 0 Å². The Morgan fingerprint density at radius 3 is 2.56 bits per heavy atom. The summed E-state index contributed by atoms with van der Waals surface area (Å²) in [5.41, 5.74) is 4.18. The molecule has 32 heavy (non-hydrogen) atoms. The zero-order valence-electron chi connectivity index (χ0n) is 18.7. The topological polar surface area (TPSA) is 71.3 Å². The summed E-state index contributed by atoms with van der Waals surface area (Å²) in [6.45, 7) is 8.79. The number of carbonyl (C=O) groups excluding carboxylic acids is 1. The Bertz CT molecular complexity index is 1150. The molecule has 1 amide bonds. The second kappa shape index (κ2) is 10.2. The van der Waals surface area contributed by atoms with Crippen LogP contribution in [0.25, 0.3) is 0 Å². The molecular weight excluding hydrogens is 412 g/mol. The fourth-order valence-electron chi connectivity index (χ4n) is 3.41. The molecule has 2 N–H and O–H groups in total. The van der Waals surface area contributed by atoms with Crippen LogP contribution in [0.2, 0.25) is 0 Å². The normalized spacial score (nSPS) is 11.5. The lowest BCUT2D eigenvalue weighted by Crippen LogP contribution is -2.36. The van der Waals surface area contributed by atoms with Crippen molar-refractivity contribution in [2.75, 3.05) is 11.9 Å². The number of amides is 1. The minimum atomic E-state index is -0.516. The summed E-state index contributed by atoms with van der Waals surface area (Å²) >= 11 is 0. The van der Waals surface area contributed by atoms with Gasteiger partial charge in [0.2, 0.25) is 5.96 Å². The van der Waals surface area contributed by atoms with Gasteiger partial charge >= 0.3 is 0 Å². The Balaban J connectivity index is 1.80. The first-order chi connectivity index (χ1) is 15.3. The second-order valence-electron chi connectivity index (χ2n) is 7.50. The third kappa shape index (κ3) is 5.57. The highest BCUT2D eigenvalue weighted by Gasteiger charge is 2.13. The lowest BCUT2D eigenvalue weighted by molar-refractivity contribution is 0.0976. The zero-order valence-corrected chi connectivity index (χ0v) is 18.7. The van der Waals surface area contributed by atoms with Crippen molar-refractivity contribution >= 4 is 17.6 Å². The first-order valence-electron chi connectivity index (χ1n) is 10.5. The Hall–Kier alpha value is -3.55. The molecule has 0 aliphatic heterocycles. The van der Waals surface area contributed by atoms with Crippen molar-refractivity contribution in [1.29, 1.82) is 0 Å². The van der Waals surface area contributed by atoms with Gasteiger partial charge in [0.15, 0.2) is 0 Å². The van der Waals surface area contributed by atoms with Crippen LogP contribution in [-0.2, 0) is 13.0 Å². The molecule has 3 rings (SSSR count). The van der Waals surface area contributed by atoms with E-state index in [-0.39, 0.29) is 11.5 Å². The van der Waals surface area contributed by atoms with E-state index in [1.807, 2.05) is 25.5 Å². The molecule has 0 spiro atoms. The summed E-state index contributed by atoms with van der Waals surface area (Å²) in [6.07, 6.45) is 0.626. The van der Waals surface area contributed by atoms with E-state index in [0.29, 0.717) is 24.2 Å². The summed E-state index contributed by atoms with van der Waals surface area (Å²) < 4.78 is 29.4. The molecule has 0 bridgehead atoms. The molecule has 2 aromatic carbocycles. The van der Waals surface area contributed by atoms with E-state index in [0.717, 1.165) is 23.5 Å². The average Bonchev–Trinajstić information content (AvgIpc) is 3.03. The van der Waals surface area contributed by atoms with Crippen molar-refractivity contribution < 1.29 is 13.6 Å². The predicted octanol–water partition coefficient (Wildman–Crippen LogP) is 4.55. The Kier molecular flexibility index (Phi) is 7.35. The highest BCUT2D eigenvalue weighted by atomic mass is 19.1. The fourth-order valence-corrected chi connectivity index (χ4v) is 3.41. The maximum Gasteiger partial charge on any atom is 0.258 e. The maximum absolute atomic E-state index is 13.9. The third-order valence-corrected chi connectivity index (χ3v) is 5.22. The lowest BCUT2D eigenvalue weighted by atomic mass is 10.1. The van der Waals surface area contributed by atoms with Crippen LogP contribution in [-0.4, -0.2) is 28.2 Å². The predicted molar refractivity (Wildman–Crippen MR) is 122 cm³/mol. The molecule has 3 aromatic rings. The molecule has 168 valence electrons. The molecule has 8 heteroatoms. The van der Waals surface area contributed by atoms with Gasteiger partial charge in [0.1, 0.15) is 11.6 Å². The van der Waals surface area contributed by atoms with E-state index < -0.39 is 17.5 Å². The van der Waals surface area contributed by atoms with Crippen molar-refractivity contribution in [2.24, 2.45) is 4.99 Å². The third-order valence-electron chi connectivity index (χ3n) is 5.22. The number of aryl methyl sites for hydroxylation is 3. The number of hydrogen-bond acceptors (Lipinski definition) is 3. The number of benzene rings is 2. The van der Waals surface area contributed by atoms with Crippen molar-refractivity contribution in [3.8, 4) is 0 Å². The van der Waals surface area contributed by atoms with Crippen molar-refractivity contribution in [3.63, 3.8) is 0 Å². The highest BCUT2D eigenvalue weighted by molar-refractivity contribution is 6.10. The highest BCUT2D eigenvalue weighted by Crippen LogP contribution is 2.14. The number of rotatable bonds is 6. The molecule has 0 atom stereocenters. The van der Waals surface area contributed by atoms with Crippen molar-refractivity contribution in [3.05, 3.63) is 82.2 Å². The van der Waals surface area contributed by atoms with E-state index in [4.69, 9.17) is 0 Å². The van der Waals surface area contributed by atoms with Crippen molar-refractivity contribution in [2.45, 2.75) is 40.7 Å². The van der Waals surface area contributed by atoms with E-state index in [1.54, 1.807) is 25.1 Å². The molecule has 1 aromatic heterocycles. The number of anilines is 1. The molecule has 0 fully saturated rings. The van der Waals surface area contributed by atoms with Crippen LogP contribution in [0, 0.1) is 32.4 Å². The molecule has 0 aliphatic carbocycles. The summed E-state index contributed by atoms with van der Waals surface area (Å²) in [5.74, 6) is -1.25. The van der Waals surface area contributed by atoms with Gasteiger partial charge in [-0.25, -0.2) is 8.78 Å². The number of aromatic nitrogens is 2. The number of nitrogens with one attached hydrogen (secondary N) is 2. The SMILES string of the molecule is CCn1nc(C)c(CCN=C(NC(=O)c2ccc(C)c(F)c2)Nc2cccc(F)c2)c1C. The maximum atomic E-state index is 13.9. The van der Waals surface area contributed by atoms with E-state index in [2.05, 4.69) is 20.7 Å². The Morgan fingerprint density at radius 2 is 1.91 bits per heavy atom. The summed E-state index contributed by atoms with van der Waals surface area (Å²) in [7, 11) is 0. The van der Waals surface area contributed by atoms with Gasteiger partial charge in [-0.3, -0.25) is 19.8 Å². The zero-order chi connectivity index (χ0) is 23.3. The Labute approximate surface area is 186 Å². The molecule has 6 nitrogen and oxygen atoms in total. The molecule has 0 radical (unpaired) electrons. The summed E-state index contributed by atoms with van der Waals surface area (Å²) in [6, 6.07) is 10.1. The molecule has 0 unspecified atom stereocenters. The van der Waals surface area contributed by atoms with Gasteiger partial charge in [-0.1, -0.05) is 12.1 Å². The fraction of sp³-hybridized carbons (Fsp3) is 0.292. The van der Waals surface area contributed by atoms with Gasteiger partial charge in [-0.05, 0) is 75.6 Å². The van der Waals surface area contributed by atoms with Gasteiger partial charge in [-0.15, -0.1) is 0 Å². The summed E-state index contributed by atoms with van der Waals surface area (Å²) in [4.78, 5) is 17.2. The van der Waals surface area contributed by atoms with Crippen molar-refractivity contribution in [1.82, 2.24) is 15.1 Å². The number of nitrogens with zero attached hydrogens (tertiary/aromatic N) is 3. The quantitative estimate of drug-likeness (QED) is 0.437. The number of hydrogen-bond donors (Lipinski definition) is 2. The standard InChI is InChI=1S/C24H27F2N5O/c1-5-31-17(4)21(16(3)30-31)11-12-27-24(28-20-8-6-7-19(25)14-20)29-23(32)18-10-9-15(2)22(26)13-18/h6-10,13-14H,5,11-12H2,1-4H3,(H2,27,28,29,32). The molecule has 0 saturated carbocycles. The number of guanidine groups is 1. The summed E-state index contributed by atoms with van der Waals surface area (Å²) in [5, 5.41) is 10.1. The van der Waals surface area contributed by atoms with Gasteiger partial charge in [0, 0.05) is 30.0 Å². The van der Waals surface area contributed by atoms with Gasteiger partial charge in [0.05, 0.1) is 5.69 Å².